The number of benzene rings is 1. The van der Waals surface area contributed by atoms with Crippen LogP contribution in [0, 0.1) is 11.3 Å². The van der Waals surface area contributed by atoms with Gasteiger partial charge in [-0.2, -0.15) is 5.26 Å². The summed E-state index contributed by atoms with van der Waals surface area (Å²) in [5, 5.41) is 12.7. The first-order valence-corrected chi connectivity index (χ1v) is 5.66. The summed E-state index contributed by atoms with van der Waals surface area (Å²) in [5.74, 6) is 0.0572. The molecule has 0 saturated carbocycles. The Kier molecular flexibility index (Phi) is 3.49. The monoisotopic (exact) mass is 240 g/mol. The van der Waals surface area contributed by atoms with Crippen LogP contribution >= 0.6 is 0 Å². The van der Waals surface area contributed by atoms with Gasteiger partial charge in [-0.1, -0.05) is 37.3 Å². The molecule has 90 valence electrons. The number of rotatable bonds is 4. The number of nitrogens with zero attached hydrogens (tertiary/aromatic N) is 4. The van der Waals surface area contributed by atoms with Crippen LogP contribution in [0.2, 0.25) is 0 Å². The van der Waals surface area contributed by atoms with Crippen molar-refractivity contribution >= 4 is 5.78 Å². The minimum atomic E-state index is -0.415. The van der Waals surface area contributed by atoms with Gasteiger partial charge in [0.2, 0.25) is 0 Å². The second-order valence-electron chi connectivity index (χ2n) is 3.81. The topological polar surface area (TPSA) is 71.6 Å². The summed E-state index contributed by atoms with van der Waals surface area (Å²) in [4.78, 5) is 16.1. The molecule has 0 saturated heterocycles. The Hall–Kier alpha value is -2.48. The van der Waals surface area contributed by atoms with Crippen molar-refractivity contribution in [2.75, 3.05) is 0 Å². The van der Waals surface area contributed by atoms with Gasteiger partial charge in [-0.15, -0.1) is 5.10 Å². The third kappa shape index (κ3) is 2.28. The fraction of sp³-hybridized carbons (Fsp3) is 0.231. The molecule has 0 aliphatic rings. The van der Waals surface area contributed by atoms with Crippen LogP contribution in [0.5, 0.6) is 0 Å². The Morgan fingerprint density at radius 1 is 1.44 bits per heavy atom. The van der Waals surface area contributed by atoms with E-state index in [9.17, 15) is 4.79 Å². The van der Waals surface area contributed by atoms with E-state index in [1.807, 2.05) is 31.2 Å². The number of nitriles is 1. The van der Waals surface area contributed by atoms with Gasteiger partial charge in [-0.3, -0.25) is 4.79 Å². The molecule has 18 heavy (non-hydrogen) atoms. The Bertz CT molecular complexity index is 583. The molecule has 0 aliphatic heterocycles. The molecule has 0 aliphatic carbocycles. The maximum Gasteiger partial charge on any atom is 0.252 e. The number of hydrogen-bond acceptors (Lipinski definition) is 4. The lowest BCUT2D eigenvalue weighted by molar-refractivity contribution is 0.0914. The zero-order chi connectivity index (χ0) is 13.0. The summed E-state index contributed by atoms with van der Waals surface area (Å²) >= 11 is 0. The molecule has 0 radical (unpaired) electrons. The third-order valence-electron chi connectivity index (χ3n) is 2.68. The van der Waals surface area contributed by atoms with Crippen LogP contribution in [-0.2, 0) is 0 Å². The van der Waals surface area contributed by atoms with Gasteiger partial charge >= 0.3 is 0 Å². The normalized spacial score (nSPS) is 11.8. The maximum absolute atomic E-state index is 12.3. The Balaban J connectivity index is 2.29. The van der Waals surface area contributed by atoms with Gasteiger partial charge in [0.15, 0.2) is 5.78 Å². The van der Waals surface area contributed by atoms with Crippen molar-refractivity contribution in [3.8, 4) is 6.07 Å². The first-order valence-electron chi connectivity index (χ1n) is 5.66. The van der Waals surface area contributed by atoms with Gasteiger partial charge in [-0.25, -0.2) is 9.67 Å². The van der Waals surface area contributed by atoms with Crippen LogP contribution in [0.15, 0.2) is 36.7 Å². The highest BCUT2D eigenvalue weighted by Crippen LogP contribution is 2.16. The van der Waals surface area contributed by atoms with Gasteiger partial charge in [0.05, 0.1) is 0 Å². The van der Waals surface area contributed by atoms with Crippen molar-refractivity contribution in [1.29, 1.82) is 5.26 Å². The van der Waals surface area contributed by atoms with E-state index in [0.29, 0.717) is 12.0 Å². The fourth-order valence-electron chi connectivity index (χ4n) is 1.76. The molecule has 5 heteroatoms. The van der Waals surface area contributed by atoms with E-state index in [0.717, 1.165) is 0 Å². The molecule has 2 aromatic rings. The first-order chi connectivity index (χ1) is 8.76. The van der Waals surface area contributed by atoms with Crippen LogP contribution in [0.4, 0.5) is 0 Å². The SMILES string of the molecule is CCC(C(=O)c1ccccc1)n1cnc(C#N)n1. The van der Waals surface area contributed by atoms with E-state index in [-0.39, 0.29) is 11.6 Å². The summed E-state index contributed by atoms with van der Waals surface area (Å²) in [6.45, 7) is 1.90. The van der Waals surface area contributed by atoms with Crippen LogP contribution in [0.3, 0.4) is 0 Å². The van der Waals surface area contributed by atoms with Crippen LogP contribution < -0.4 is 0 Å². The summed E-state index contributed by atoms with van der Waals surface area (Å²) < 4.78 is 1.45. The minimum absolute atomic E-state index is 0.0208. The molecular weight excluding hydrogens is 228 g/mol. The third-order valence-corrected chi connectivity index (χ3v) is 2.68. The van der Waals surface area contributed by atoms with Crippen molar-refractivity contribution in [3.05, 3.63) is 48.0 Å². The Morgan fingerprint density at radius 2 is 2.17 bits per heavy atom. The molecule has 0 spiro atoms. The van der Waals surface area contributed by atoms with Crippen LogP contribution in [-0.4, -0.2) is 20.5 Å². The average Bonchev–Trinajstić information content (AvgIpc) is 2.89. The summed E-state index contributed by atoms with van der Waals surface area (Å²) in [7, 11) is 0. The Morgan fingerprint density at radius 3 is 2.72 bits per heavy atom. The predicted molar refractivity (Wildman–Crippen MR) is 64.8 cm³/mol. The highest BCUT2D eigenvalue weighted by molar-refractivity contribution is 5.98. The van der Waals surface area contributed by atoms with E-state index in [2.05, 4.69) is 10.1 Å². The van der Waals surface area contributed by atoms with E-state index in [1.54, 1.807) is 12.1 Å². The standard InChI is InChI=1S/C13H12N4O/c1-2-11(17-9-15-12(8-14)16-17)13(18)10-6-4-3-5-7-10/h3-7,9,11H,2H2,1H3. The zero-order valence-electron chi connectivity index (χ0n) is 9.95. The van der Waals surface area contributed by atoms with Crippen molar-refractivity contribution in [2.45, 2.75) is 19.4 Å². The summed E-state index contributed by atoms with van der Waals surface area (Å²) in [6.07, 6.45) is 2.02. The molecule has 0 bridgehead atoms. The minimum Gasteiger partial charge on any atom is -0.292 e. The molecule has 1 atom stereocenters. The van der Waals surface area contributed by atoms with E-state index >= 15 is 0 Å². The van der Waals surface area contributed by atoms with Gasteiger partial charge in [-0.05, 0) is 6.42 Å². The van der Waals surface area contributed by atoms with Gasteiger partial charge in [0.1, 0.15) is 18.4 Å². The lowest BCUT2D eigenvalue weighted by atomic mass is 10.0. The molecule has 2 rings (SSSR count). The number of carbonyl (C=O) groups is 1. The summed E-state index contributed by atoms with van der Waals surface area (Å²) in [6, 6.07) is 10.5. The van der Waals surface area contributed by atoms with Crippen molar-refractivity contribution in [2.24, 2.45) is 0 Å². The predicted octanol–water partition coefficient (Wildman–Crippen LogP) is 1.98. The molecule has 1 heterocycles. The largest absolute Gasteiger partial charge is 0.292 e. The van der Waals surface area contributed by atoms with Crippen LogP contribution in [0.25, 0.3) is 0 Å². The van der Waals surface area contributed by atoms with E-state index in [4.69, 9.17) is 5.26 Å². The van der Waals surface area contributed by atoms with Crippen molar-refractivity contribution < 1.29 is 4.79 Å². The highest BCUT2D eigenvalue weighted by atomic mass is 16.1. The molecule has 1 aromatic heterocycles. The molecule has 1 aromatic carbocycles. The smallest absolute Gasteiger partial charge is 0.252 e. The van der Waals surface area contributed by atoms with Gasteiger partial charge < -0.3 is 0 Å². The molecule has 0 amide bonds. The molecule has 0 N–H and O–H groups in total. The van der Waals surface area contributed by atoms with Crippen molar-refractivity contribution in [1.82, 2.24) is 14.8 Å². The Labute approximate surface area is 105 Å². The zero-order valence-corrected chi connectivity index (χ0v) is 9.95. The van der Waals surface area contributed by atoms with E-state index in [1.165, 1.54) is 11.0 Å². The first kappa shape index (κ1) is 12.0. The second-order valence-corrected chi connectivity index (χ2v) is 3.81. The number of Topliss-reactive ketones (excluding diaryl/α,β-unsaturated/α-hetero) is 1. The lowest BCUT2D eigenvalue weighted by Gasteiger charge is -2.13. The second kappa shape index (κ2) is 5.23. The molecular formula is C13H12N4O. The van der Waals surface area contributed by atoms with Gasteiger partial charge in [0, 0.05) is 5.56 Å². The molecule has 1 unspecified atom stereocenters. The molecule has 0 fully saturated rings. The van der Waals surface area contributed by atoms with E-state index < -0.39 is 6.04 Å². The number of hydrogen-bond donors (Lipinski definition) is 0. The fourth-order valence-corrected chi connectivity index (χ4v) is 1.76. The van der Waals surface area contributed by atoms with Gasteiger partial charge in [0.25, 0.3) is 5.82 Å². The number of ketones is 1. The highest BCUT2D eigenvalue weighted by Gasteiger charge is 2.21. The van der Waals surface area contributed by atoms with Crippen LogP contribution in [0.1, 0.15) is 35.6 Å². The lowest BCUT2D eigenvalue weighted by Crippen LogP contribution is -2.19. The maximum atomic E-state index is 12.3. The quantitative estimate of drug-likeness (QED) is 0.766. The molecule has 5 nitrogen and oxygen atoms in total. The number of aromatic nitrogens is 3. The number of carbonyl (C=O) groups excluding carboxylic acids is 1. The van der Waals surface area contributed by atoms with Crippen molar-refractivity contribution in [3.63, 3.8) is 0 Å². The summed E-state index contributed by atoms with van der Waals surface area (Å²) in [5.41, 5.74) is 0.637. The average molecular weight is 240 g/mol.